The average Bonchev–Trinajstić information content (AvgIpc) is 3.03. The first kappa shape index (κ1) is 14.0. The Morgan fingerprint density at radius 2 is 2.17 bits per heavy atom. The van der Waals surface area contributed by atoms with Crippen LogP contribution in [-0.4, -0.2) is 47.3 Å². The van der Waals surface area contributed by atoms with Crippen LogP contribution in [0.3, 0.4) is 0 Å². The number of amides is 1. The molecule has 1 N–H and O–H groups in total. The Labute approximate surface area is 139 Å². The Morgan fingerprint density at radius 1 is 1.29 bits per heavy atom. The molecule has 0 unspecified atom stereocenters. The van der Waals surface area contributed by atoms with Gasteiger partial charge in [0.25, 0.3) is 5.91 Å². The van der Waals surface area contributed by atoms with Gasteiger partial charge in [-0.2, -0.15) is 5.10 Å². The molecule has 0 aliphatic carbocycles. The zero-order valence-corrected chi connectivity index (χ0v) is 13.4. The molecule has 3 aliphatic rings. The molecule has 3 aliphatic heterocycles. The number of carbonyl (C=O) groups excluding carboxylic acids is 1. The number of nitrogens with zero attached hydrogens (tertiary/aromatic N) is 2. The van der Waals surface area contributed by atoms with E-state index in [0.717, 1.165) is 42.9 Å². The fraction of sp³-hybridized carbons (Fsp3) is 0.444. The molecule has 1 amide bonds. The van der Waals surface area contributed by atoms with Crippen LogP contribution in [0.2, 0.25) is 0 Å². The standard InChI is InChI=1S/C18H19N3O3/c22-17(16-13-8-23-6-5-14(13)19-20-16)21-9-18(10-21)7-12-3-1-2-4-15(12)24-11-18/h1-4H,5-11H2,(H,19,20). The second-order valence-corrected chi connectivity index (χ2v) is 7.07. The van der Waals surface area contributed by atoms with E-state index >= 15 is 0 Å². The lowest BCUT2D eigenvalue weighted by Crippen LogP contribution is -2.63. The Morgan fingerprint density at radius 3 is 3.08 bits per heavy atom. The van der Waals surface area contributed by atoms with E-state index in [1.807, 2.05) is 23.1 Å². The van der Waals surface area contributed by atoms with Gasteiger partial charge in [-0.1, -0.05) is 18.2 Å². The lowest BCUT2D eigenvalue weighted by Gasteiger charge is -2.51. The van der Waals surface area contributed by atoms with Crippen molar-refractivity contribution in [3.05, 3.63) is 46.8 Å². The van der Waals surface area contributed by atoms with E-state index in [4.69, 9.17) is 9.47 Å². The lowest BCUT2D eigenvalue weighted by atomic mass is 9.74. The van der Waals surface area contributed by atoms with E-state index in [-0.39, 0.29) is 11.3 Å². The van der Waals surface area contributed by atoms with Crippen LogP contribution in [0.5, 0.6) is 5.75 Å². The van der Waals surface area contributed by atoms with Gasteiger partial charge < -0.3 is 14.4 Å². The average molecular weight is 325 g/mol. The van der Waals surface area contributed by atoms with Gasteiger partial charge in [0.1, 0.15) is 5.75 Å². The predicted octanol–water partition coefficient (Wildman–Crippen LogP) is 1.56. The Hall–Kier alpha value is -2.34. The number of rotatable bonds is 1. The van der Waals surface area contributed by atoms with Crippen molar-refractivity contribution >= 4 is 5.91 Å². The summed E-state index contributed by atoms with van der Waals surface area (Å²) in [6.45, 7) is 3.29. The van der Waals surface area contributed by atoms with Crippen molar-refractivity contribution in [2.45, 2.75) is 19.4 Å². The summed E-state index contributed by atoms with van der Waals surface area (Å²) in [5.41, 5.74) is 3.78. The van der Waals surface area contributed by atoms with Gasteiger partial charge in [-0.15, -0.1) is 0 Å². The Bertz CT molecular complexity index is 808. The smallest absolute Gasteiger partial charge is 0.274 e. The van der Waals surface area contributed by atoms with E-state index in [9.17, 15) is 4.79 Å². The molecule has 6 nitrogen and oxygen atoms in total. The van der Waals surface area contributed by atoms with E-state index in [0.29, 0.717) is 25.5 Å². The van der Waals surface area contributed by atoms with Gasteiger partial charge in [-0.3, -0.25) is 9.89 Å². The minimum Gasteiger partial charge on any atom is -0.493 e. The molecule has 6 heteroatoms. The van der Waals surface area contributed by atoms with Crippen LogP contribution in [0.4, 0.5) is 0 Å². The number of nitrogens with one attached hydrogen (secondary N) is 1. The highest BCUT2D eigenvalue weighted by molar-refractivity contribution is 5.94. The maximum atomic E-state index is 12.8. The number of hydrogen-bond donors (Lipinski definition) is 1. The third-order valence-electron chi connectivity index (χ3n) is 5.31. The Balaban J connectivity index is 1.32. The number of likely N-dealkylation sites (tertiary alicyclic amines) is 1. The molecule has 2 aromatic rings. The van der Waals surface area contributed by atoms with Crippen LogP contribution in [-0.2, 0) is 24.2 Å². The molecule has 0 radical (unpaired) electrons. The number of benzene rings is 1. The van der Waals surface area contributed by atoms with Crippen molar-refractivity contribution in [1.82, 2.24) is 15.1 Å². The third kappa shape index (κ3) is 2.06. The zero-order chi connectivity index (χ0) is 16.1. The molecule has 124 valence electrons. The van der Waals surface area contributed by atoms with Gasteiger partial charge in [-0.25, -0.2) is 0 Å². The monoisotopic (exact) mass is 325 g/mol. The minimum atomic E-state index is 0.00230. The highest BCUT2D eigenvalue weighted by Crippen LogP contribution is 2.41. The summed E-state index contributed by atoms with van der Waals surface area (Å²) in [6, 6.07) is 8.16. The predicted molar refractivity (Wildman–Crippen MR) is 85.9 cm³/mol. The van der Waals surface area contributed by atoms with Gasteiger partial charge in [0, 0.05) is 36.2 Å². The maximum Gasteiger partial charge on any atom is 0.274 e. The number of hydrogen-bond acceptors (Lipinski definition) is 4. The van der Waals surface area contributed by atoms with Crippen LogP contribution in [0.1, 0.15) is 27.3 Å². The second kappa shape index (κ2) is 5.08. The molecule has 4 heterocycles. The number of fused-ring (bicyclic) bond motifs is 2. The van der Waals surface area contributed by atoms with Crippen LogP contribution in [0.25, 0.3) is 0 Å². The quantitative estimate of drug-likeness (QED) is 0.864. The number of aromatic amines is 1. The number of carbonyl (C=O) groups is 1. The van der Waals surface area contributed by atoms with E-state index in [1.165, 1.54) is 5.56 Å². The summed E-state index contributed by atoms with van der Waals surface area (Å²) in [7, 11) is 0. The molecule has 0 saturated carbocycles. The lowest BCUT2D eigenvalue weighted by molar-refractivity contribution is -0.0295. The van der Waals surface area contributed by atoms with Crippen molar-refractivity contribution in [2.24, 2.45) is 5.41 Å². The summed E-state index contributed by atoms with van der Waals surface area (Å²) in [5, 5.41) is 7.23. The SMILES string of the molecule is O=C(c1n[nH]c2c1COCC2)N1CC2(COc3ccccc3C2)C1. The molecule has 1 saturated heterocycles. The molecule has 1 spiro atoms. The first-order valence-corrected chi connectivity index (χ1v) is 8.38. The molecule has 0 bridgehead atoms. The minimum absolute atomic E-state index is 0.00230. The van der Waals surface area contributed by atoms with Gasteiger partial charge in [0.2, 0.25) is 0 Å². The summed E-state index contributed by atoms with van der Waals surface area (Å²) in [4.78, 5) is 14.7. The molecular formula is C18H19N3O3. The second-order valence-electron chi connectivity index (χ2n) is 7.07. The van der Waals surface area contributed by atoms with Crippen LogP contribution in [0, 0.1) is 5.41 Å². The van der Waals surface area contributed by atoms with Crippen molar-refractivity contribution in [3.8, 4) is 5.75 Å². The largest absolute Gasteiger partial charge is 0.493 e. The molecule has 0 atom stereocenters. The maximum absolute atomic E-state index is 12.8. The Kier molecular flexibility index (Phi) is 2.97. The first-order valence-electron chi connectivity index (χ1n) is 8.38. The van der Waals surface area contributed by atoms with Crippen molar-refractivity contribution in [2.75, 3.05) is 26.3 Å². The third-order valence-corrected chi connectivity index (χ3v) is 5.31. The number of para-hydroxylation sites is 1. The first-order chi connectivity index (χ1) is 11.7. The summed E-state index contributed by atoms with van der Waals surface area (Å²) < 4.78 is 11.4. The van der Waals surface area contributed by atoms with Crippen LogP contribution in [0.15, 0.2) is 24.3 Å². The fourth-order valence-electron chi connectivity index (χ4n) is 4.03. The van der Waals surface area contributed by atoms with Gasteiger partial charge in [0.05, 0.1) is 19.8 Å². The molecular weight excluding hydrogens is 306 g/mol. The molecule has 1 aromatic carbocycles. The topological polar surface area (TPSA) is 67.5 Å². The molecule has 24 heavy (non-hydrogen) atoms. The number of ether oxygens (including phenoxy) is 2. The van der Waals surface area contributed by atoms with Crippen molar-refractivity contribution in [3.63, 3.8) is 0 Å². The van der Waals surface area contributed by atoms with Gasteiger partial charge in [-0.05, 0) is 18.1 Å². The summed E-state index contributed by atoms with van der Waals surface area (Å²) >= 11 is 0. The molecule has 1 aromatic heterocycles. The van der Waals surface area contributed by atoms with Crippen molar-refractivity contribution < 1.29 is 14.3 Å². The fourth-order valence-corrected chi connectivity index (χ4v) is 4.03. The van der Waals surface area contributed by atoms with E-state index in [1.54, 1.807) is 0 Å². The van der Waals surface area contributed by atoms with Crippen LogP contribution >= 0.6 is 0 Å². The number of aromatic nitrogens is 2. The van der Waals surface area contributed by atoms with Crippen LogP contribution < -0.4 is 4.74 Å². The molecule has 1 fully saturated rings. The molecule has 5 rings (SSSR count). The van der Waals surface area contributed by atoms with E-state index in [2.05, 4.69) is 16.3 Å². The number of H-pyrrole nitrogens is 1. The normalized spacial score (nSPS) is 20.8. The zero-order valence-electron chi connectivity index (χ0n) is 13.4. The van der Waals surface area contributed by atoms with Gasteiger partial charge in [0.15, 0.2) is 5.69 Å². The highest BCUT2D eigenvalue weighted by Gasteiger charge is 2.48. The van der Waals surface area contributed by atoms with E-state index < -0.39 is 0 Å². The van der Waals surface area contributed by atoms with Gasteiger partial charge >= 0.3 is 0 Å². The highest BCUT2D eigenvalue weighted by atomic mass is 16.5. The summed E-state index contributed by atoms with van der Waals surface area (Å²) in [5.74, 6) is 0.980. The summed E-state index contributed by atoms with van der Waals surface area (Å²) in [6.07, 6.45) is 1.76. The van der Waals surface area contributed by atoms with Crippen molar-refractivity contribution in [1.29, 1.82) is 0 Å².